The zero-order chi connectivity index (χ0) is 13.8. The lowest BCUT2D eigenvalue weighted by atomic mass is 10.3. The second-order valence-corrected chi connectivity index (χ2v) is 4.77. The van der Waals surface area contributed by atoms with Crippen LogP contribution in [0.5, 0.6) is 5.75 Å². The molecule has 2 heterocycles. The van der Waals surface area contributed by atoms with Crippen LogP contribution in [0.3, 0.4) is 0 Å². The molecule has 0 spiro atoms. The van der Waals surface area contributed by atoms with Crippen molar-refractivity contribution in [1.29, 1.82) is 0 Å². The largest absolute Gasteiger partial charge is 0.484 e. The van der Waals surface area contributed by atoms with E-state index in [1.807, 2.05) is 46.1 Å². The number of amides is 1. The van der Waals surface area contributed by atoms with Gasteiger partial charge in [0.1, 0.15) is 5.75 Å². The van der Waals surface area contributed by atoms with Gasteiger partial charge in [-0.25, -0.2) is 4.68 Å². The number of rotatable bonds is 4. The van der Waals surface area contributed by atoms with Crippen LogP contribution >= 0.6 is 0 Å². The Morgan fingerprint density at radius 3 is 2.95 bits per heavy atom. The topological polar surface area (TPSA) is 60.2 Å². The molecule has 1 fully saturated rings. The molecular weight excluding hydrogens is 256 g/mol. The van der Waals surface area contributed by atoms with Gasteiger partial charge in [0.05, 0.1) is 12.2 Å². The summed E-state index contributed by atoms with van der Waals surface area (Å²) in [6.45, 7) is 1.48. The molecule has 1 aromatic heterocycles. The molecule has 0 unspecified atom stereocenters. The molecule has 2 aromatic rings. The average molecular weight is 272 g/mol. The Kier molecular flexibility index (Phi) is 3.62. The summed E-state index contributed by atoms with van der Waals surface area (Å²) < 4.78 is 7.29. The Morgan fingerprint density at radius 1 is 1.35 bits per heavy atom. The number of aromatic nitrogens is 3. The van der Waals surface area contributed by atoms with E-state index in [0.717, 1.165) is 13.0 Å². The summed E-state index contributed by atoms with van der Waals surface area (Å²) in [6.07, 6.45) is 4.39. The highest BCUT2D eigenvalue weighted by Gasteiger charge is 2.27. The van der Waals surface area contributed by atoms with Crippen molar-refractivity contribution >= 4 is 5.91 Å². The lowest BCUT2D eigenvalue weighted by molar-refractivity contribution is -0.132. The minimum atomic E-state index is 0.0106. The lowest BCUT2D eigenvalue weighted by Crippen LogP contribution is -2.33. The van der Waals surface area contributed by atoms with E-state index < -0.39 is 0 Å². The second kappa shape index (κ2) is 5.73. The van der Waals surface area contributed by atoms with E-state index >= 15 is 0 Å². The number of hydrogen-bond donors (Lipinski definition) is 0. The van der Waals surface area contributed by atoms with Gasteiger partial charge in [-0.2, -0.15) is 0 Å². The molecule has 1 amide bonds. The van der Waals surface area contributed by atoms with Crippen LogP contribution in [-0.4, -0.2) is 45.5 Å². The van der Waals surface area contributed by atoms with Gasteiger partial charge >= 0.3 is 0 Å². The van der Waals surface area contributed by atoms with E-state index in [-0.39, 0.29) is 18.6 Å². The summed E-state index contributed by atoms with van der Waals surface area (Å²) in [5.41, 5.74) is 0. The molecule has 0 N–H and O–H groups in total. The van der Waals surface area contributed by atoms with Crippen LogP contribution in [0.15, 0.2) is 42.7 Å². The third-order valence-corrected chi connectivity index (χ3v) is 3.44. The zero-order valence-corrected chi connectivity index (χ0v) is 11.1. The van der Waals surface area contributed by atoms with Gasteiger partial charge in [0.25, 0.3) is 5.91 Å². The lowest BCUT2D eigenvalue weighted by Gasteiger charge is -2.16. The van der Waals surface area contributed by atoms with E-state index in [9.17, 15) is 4.79 Å². The summed E-state index contributed by atoms with van der Waals surface area (Å²) in [5.74, 6) is 0.726. The number of nitrogens with zero attached hydrogens (tertiary/aromatic N) is 4. The van der Waals surface area contributed by atoms with Gasteiger partial charge < -0.3 is 9.64 Å². The molecule has 1 saturated heterocycles. The van der Waals surface area contributed by atoms with Gasteiger partial charge in [0, 0.05) is 19.3 Å². The van der Waals surface area contributed by atoms with Gasteiger partial charge in [0.15, 0.2) is 6.61 Å². The van der Waals surface area contributed by atoms with Crippen molar-refractivity contribution in [2.75, 3.05) is 19.7 Å². The average Bonchev–Trinajstić information content (AvgIpc) is 3.16. The quantitative estimate of drug-likeness (QED) is 0.837. The first-order valence-electron chi connectivity index (χ1n) is 6.64. The summed E-state index contributed by atoms with van der Waals surface area (Å²) in [4.78, 5) is 13.9. The minimum absolute atomic E-state index is 0.0106. The van der Waals surface area contributed by atoms with Crippen LogP contribution in [0.4, 0.5) is 0 Å². The van der Waals surface area contributed by atoms with Gasteiger partial charge in [-0.05, 0) is 18.6 Å². The van der Waals surface area contributed by atoms with Crippen molar-refractivity contribution in [3.63, 3.8) is 0 Å². The first-order valence-corrected chi connectivity index (χ1v) is 6.64. The highest BCUT2D eigenvalue weighted by molar-refractivity contribution is 5.78. The van der Waals surface area contributed by atoms with E-state index in [1.54, 1.807) is 6.20 Å². The van der Waals surface area contributed by atoms with Crippen molar-refractivity contribution < 1.29 is 9.53 Å². The monoisotopic (exact) mass is 272 g/mol. The van der Waals surface area contributed by atoms with Crippen molar-refractivity contribution in [2.24, 2.45) is 0 Å². The smallest absolute Gasteiger partial charge is 0.260 e. The third kappa shape index (κ3) is 2.79. The zero-order valence-electron chi connectivity index (χ0n) is 11.1. The van der Waals surface area contributed by atoms with Gasteiger partial charge in [-0.15, -0.1) is 5.10 Å². The molecular formula is C14H16N4O2. The standard InChI is InChI=1S/C14H16N4O2/c19-14(11-20-13-4-2-1-3-5-13)17-8-6-12(10-17)18-9-7-15-16-18/h1-5,7,9,12H,6,8,10-11H2/t12-/m0/s1. The SMILES string of the molecule is O=C(COc1ccccc1)N1CC[C@H](n2ccnn2)C1. The third-order valence-electron chi connectivity index (χ3n) is 3.44. The maximum Gasteiger partial charge on any atom is 0.260 e. The molecule has 6 nitrogen and oxygen atoms in total. The number of benzene rings is 1. The molecule has 104 valence electrons. The Balaban J connectivity index is 1.51. The van der Waals surface area contributed by atoms with Crippen molar-refractivity contribution in [1.82, 2.24) is 19.9 Å². The highest BCUT2D eigenvalue weighted by atomic mass is 16.5. The molecule has 1 aliphatic heterocycles. The number of carbonyl (C=O) groups is 1. The van der Waals surface area contributed by atoms with E-state index in [2.05, 4.69) is 10.3 Å². The Bertz CT molecular complexity index is 556. The molecule has 0 aliphatic carbocycles. The fraction of sp³-hybridized carbons (Fsp3) is 0.357. The Morgan fingerprint density at radius 2 is 2.20 bits per heavy atom. The number of ether oxygens (including phenoxy) is 1. The van der Waals surface area contributed by atoms with E-state index in [0.29, 0.717) is 12.3 Å². The van der Waals surface area contributed by atoms with Gasteiger partial charge in [-0.1, -0.05) is 23.4 Å². The second-order valence-electron chi connectivity index (χ2n) is 4.77. The number of para-hydroxylation sites is 1. The first-order chi connectivity index (χ1) is 9.83. The summed E-state index contributed by atoms with van der Waals surface area (Å²) >= 11 is 0. The Labute approximate surface area is 117 Å². The normalized spacial score (nSPS) is 18.2. The fourth-order valence-electron chi connectivity index (χ4n) is 2.35. The molecule has 3 rings (SSSR count). The maximum atomic E-state index is 12.1. The molecule has 0 saturated carbocycles. The van der Waals surface area contributed by atoms with Crippen molar-refractivity contribution in [3.05, 3.63) is 42.7 Å². The van der Waals surface area contributed by atoms with Crippen LogP contribution in [0.2, 0.25) is 0 Å². The summed E-state index contributed by atoms with van der Waals surface area (Å²) in [5, 5.41) is 7.78. The van der Waals surface area contributed by atoms with Crippen LogP contribution in [-0.2, 0) is 4.79 Å². The predicted molar refractivity (Wildman–Crippen MR) is 72.2 cm³/mol. The van der Waals surface area contributed by atoms with Crippen LogP contribution in [0.1, 0.15) is 12.5 Å². The molecule has 1 aliphatic rings. The van der Waals surface area contributed by atoms with Crippen LogP contribution in [0, 0.1) is 0 Å². The van der Waals surface area contributed by atoms with Crippen molar-refractivity contribution in [3.8, 4) is 5.75 Å². The van der Waals surface area contributed by atoms with Crippen molar-refractivity contribution in [2.45, 2.75) is 12.5 Å². The number of hydrogen-bond acceptors (Lipinski definition) is 4. The number of likely N-dealkylation sites (tertiary alicyclic amines) is 1. The van der Waals surface area contributed by atoms with E-state index in [1.165, 1.54) is 0 Å². The molecule has 0 radical (unpaired) electrons. The number of carbonyl (C=O) groups excluding carboxylic acids is 1. The highest BCUT2D eigenvalue weighted by Crippen LogP contribution is 2.20. The summed E-state index contributed by atoms with van der Waals surface area (Å²) in [6, 6.07) is 9.59. The first kappa shape index (κ1) is 12.7. The molecule has 1 atom stereocenters. The fourth-order valence-corrected chi connectivity index (χ4v) is 2.35. The molecule has 20 heavy (non-hydrogen) atoms. The Hall–Kier alpha value is -2.37. The van der Waals surface area contributed by atoms with Crippen LogP contribution < -0.4 is 4.74 Å². The van der Waals surface area contributed by atoms with Gasteiger partial charge in [-0.3, -0.25) is 4.79 Å². The van der Waals surface area contributed by atoms with Crippen LogP contribution in [0.25, 0.3) is 0 Å². The van der Waals surface area contributed by atoms with E-state index in [4.69, 9.17) is 4.74 Å². The predicted octanol–water partition coefficient (Wildman–Crippen LogP) is 1.13. The minimum Gasteiger partial charge on any atom is -0.484 e. The summed E-state index contributed by atoms with van der Waals surface area (Å²) in [7, 11) is 0. The maximum absolute atomic E-state index is 12.1. The molecule has 6 heteroatoms. The van der Waals surface area contributed by atoms with Gasteiger partial charge in [0.2, 0.25) is 0 Å². The molecule has 1 aromatic carbocycles. The molecule has 0 bridgehead atoms.